The number of nitrogens with zero attached hydrogens (tertiary/aromatic N) is 1. The van der Waals surface area contributed by atoms with Gasteiger partial charge in [-0.15, -0.1) is 11.8 Å². The van der Waals surface area contributed by atoms with Crippen molar-refractivity contribution in [3.05, 3.63) is 28.3 Å². The molecule has 1 unspecified atom stereocenters. The lowest BCUT2D eigenvalue weighted by Gasteiger charge is -2.14. The molecule has 0 amide bonds. The predicted molar refractivity (Wildman–Crippen MR) is 78.1 cm³/mol. The topological polar surface area (TPSA) is 86.5 Å². The van der Waals surface area contributed by atoms with Gasteiger partial charge >= 0.3 is 18.3 Å². The number of rotatable bonds is 8. The lowest BCUT2D eigenvalue weighted by atomic mass is 10.3. The number of ether oxygens (including phenoxy) is 1. The first kappa shape index (κ1) is 20.4. The molecular weight excluding hydrogens is 378 g/mol. The van der Waals surface area contributed by atoms with E-state index in [0.717, 1.165) is 6.07 Å². The smallest absolute Gasteiger partial charge is 0.340 e. The van der Waals surface area contributed by atoms with E-state index in [0.29, 0.717) is 11.8 Å². The van der Waals surface area contributed by atoms with Crippen molar-refractivity contribution in [2.45, 2.75) is 22.1 Å². The first-order valence-corrected chi connectivity index (χ1v) is 8.65. The van der Waals surface area contributed by atoms with Gasteiger partial charge in [0, 0.05) is 17.2 Å². The van der Waals surface area contributed by atoms with E-state index in [2.05, 4.69) is 4.74 Å². The quantitative estimate of drug-likeness (QED) is 0.223. The van der Waals surface area contributed by atoms with Crippen LogP contribution in [-0.2, 0) is 20.3 Å². The highest BCUT2D eigenvalue weighted by atomic mass is 32.2. The second-order valence-corrected chi connectivity index (χ2v) is 6.75. The molecule has 1 aromatic carbocycles. The SMILES string of the molecule is CS(=O)c1ccc(SCC(=O)OCC(F)(F)C(F)F)c([N+](=O)[O-])c1. The molecule has 6 nitrogen and oxygen atoms in total. The molecule has 0 aromatic heterocycles. The third-order valence-electron chi connectivity index (χ3n) is 2.55. The van der Waals surface area contributed by atoms with E-state index in [1.807, 2.05) is 0 Å². The van der Waals surface area contributed by atoms with Crippen LogP contribution < -0.4 is 0 Å². The van der Waals surface area contributed by atoms with E-state index in [1.165, 1.54) is 18.4 Å². The van der Waals surface area contributed by atoms with Gasteiger partial charge in [-0.2, -0.15) is 8.78 Å². The Morgan fingerprint density at radius 2 is 2.08 bits per heavy atom. The summed E-state index contributed by atoms with van der Waals surface area (Å²) >= 11 is 0.615. The van der Waals surface area contributed by atoms with Crippen LogP contribution in [0.2, 0.25) is 0 Å². The Hall–Kier alpha value is -1.69. The molecule has 0 heterocycles. The van der Waals surface area contributed by atoms with Gasteiger partial charge in [0.05, 0.1) is 26.4 Å². The fraction of sp³-hybridized carbons (Fsp3) is 0.417. The molecule has 1 rings (SSSR count). The third kappa shape index (κ3) is 5.74. The molecule has 0 N–H and O–H groups in total. The molecule has 134 valence electrons. The van der Waals surface area contributed by atoms with Gasteiger partial charge in [0.25, 0.3) is 5.69 Å². The Morgan fingerprint density at radius 1 is 1.46 bits per heavy atom. The second-order valence-electron chi connectivity index (χ2n) is 4.35. The van der Waals surface area contributed by atoms with Gasteiger partial charge in [-0.1, -0.05) is 0 Å². The summed E-state index contributed by atoms with van der Waals surface area (Å²) in [6.07, 6.45) is -2.65. The molecule has 24 heavy (non-hydrogen) atoms. The average molecular weight is 389 g/mol. The summed E-state index contributed by atoms with van der Waals surface area (Å²) in [5.41, 5.74) is -0.418. The summed E-state index contributed by atoms with van der Waals surface area (Å²) < 4.78 is 64.4. The van der Waals surface area contributed by atoms with Crippen LogP contribution >= 0.6 is 11.8 Å². The standard InChI is InChI=1S/C12H11F4NO5S2/c1-24(21)7-2-3-9(8(4-7)17(19)20)23-5-10(18)22-6-12(15,16)11(13)14/h2-4,11H,5-6H2,1H3. The molecular formula is C12H11F4NO5S2. The second kappa shape index (κ2) is 8.42. The highest BCUT2D eigenvalue weighted by Gasteiger charge is 2.42. The Morgan fingerprint density at radius 3 is 2.58 bits per heavy atom. The zero-order chi connectivity index (χ0) is 18.5. The molecule has 0 saturated heterocycles. The summed E-state index contributed by atoms with van der Waals surface area (Å²) in [4.78, 5) is 21.7. The summed E-state index contributed by atoms with van der Waals surface area (Å²) in [7, 11) is -1.45. The molecule has 0 radical (unpaired) electrons. The lowest BCUT2D eigenvalue weighted by Crippen LogP contribution is -2.33. The summed E-state index contributed by atoms with van der Waals surface area (Å²) in [6.45, 7) is -1.78. The molecule has 1 aromatic rings. The van der Waals surface area contributed by atoms with E-state index in [-0.39, 0.29) is 9.79 Å². The number of nitro groups is 1. The zero-order valence-corrected chi connectivity index (χ0v) is 13.7. The van der Waals surface area contributed by atoms with Crippen LogP contribution in [-0.4, -0.2) is 46.1 Å². The predicted octanol–water partition coefficient (Wildman–Crippen LogP) is 2.87. The number of hydrogen-bond acceptors (Lipinski definition) is 6. The minimum absolute atomic E-state index is 0.0202. The summed E-state index contributed by atoms with van der Waals surface area (Å²) in [5.74, 6) is -6.27. The molecule has 0 fully saturated rings. The molecule has 1 atom stereocenters. The van der Waals surface area contributed by atoms with Gasteiger partial charge in [-0.25, -0.2) is 8.78 Å². The van der Waals surface area contributed by atoms with Crippen molar-refractivity contribution in [2.75, 3.05) is 18.6 Å². The van der Waals surface area contributed by atoms with E-state index in [4.69, 9.17) is 0 Å². The minimum Gasteiger partial charge on any atom is -0.458 e. The van der Waals surface area contributed by atoms with Crippen molar-refractivity contribution in [2.24, 2.45) is 0 Å². The number of carbonyl (C=O) groups excluding carboxylic acids is 1. The van der Waals surface area contributed by atoms with Crippen LogP contribution in [0.1, 0.15) is 0 Å². The first-order chi connectivity index (χ1) is 11.0. The maximum absolute atomic E-state index is 12.6. The van der Waals surface area contributed by atoms with Crippen molar-refractivity contribution in [3.8, 4) is 0 Å². The van der Waals surface area contributed by atoms with Crippen molar-refractivity contribution in [1.82, 2.24) is 0 Å². The summed E-state index contributed by atoms with van der Waals surface area (Å²) in [5, 5.41) is 11.0. The van der Waals surface area contributed by atoms with Crippen LogP contribution in [0.5, 0.6) is 0 Å². The van der Waals surface area contributed by atoms with Crippen LogP contribution in [0.15, 0.2) is 28.0 Å². The fourth-order valence-electron chi connectivity index (χ4n) is 1.36. The molecule has 0 saturated carbocycles. The number of alkyl halides is 4. The first-order valence-electron chi connectivity index (χ1n) is 6.11. The molecule has 12 heteroatoms. The normalized spacial score (nSPS) is 12.9. The van der Waals surface area contributed by atoms with Crippen LogP contribution in [0.4, 0.5) is 23.2 Å². The number of esters is 1. The monoisotopic (exact) mass is 389 g/mol. The lowest BCUT2D eigenvalue weighted by molar-refractivity contribution is -0.387. The van der Waals surface area contributed by atoms with Gasteiger partial charge in [-0.05, 0) is 12.1 Å². The molecule has 0 aliphatic rings. The maximum atomic E-state index is 12.6. The largest absolute Gasteiger partial charge is 0.458 e. The Labute approximate surface area is 140 Å². The van der Waals surface area contributed by atoms with Crippen LogP contribution in [0.3, 0.4) is 0 Å². The van der Waals surface area contributed by atoms with Crippen molar-refractivity contribution in [1.29, 1.82) is 0 Å². The highest BCUT2D eigenvalue weighted by molar-refractivity contribution is 8.00. The molecule has 0 aliphatic carbocycles. The Bertz CT molecular complexity index is 656. The van der Waals surface area contributed by atoms with Crippen LogP contribution in [0, 0.1) is 10.1 Å². The van der Waals surface area contributed by atoms with Gasteiger partial charge < -0.3 is 4.74 Å². The highest BCUT2D eigenvalue weighted by Crippen LogP contribution is 2.31. The number of hydrogen-bond donors (Lipinski definition) is 0. The van der Waals surface area contributed by atoms with Gasteiger partial charge in [-0.3, -0.25) is 19.1 Å². The van der Waals surface area contributed by atoms with Gasteiger partial charge in [0.15, 0.2) is 6.61 Å². The van der Waals surface area contributed by atoms with Gasteiger partial charge in [0.1, 0.15) is 0 Å². The number of halogens is 4. The number of benzene rings is 1. The van der Waals surface area contributed by atoms with E-state index < -0.39 is 52.1 Å². The van der Waals surface area contributed by atoms with Crippen LogP contribution in [0.25, 0.3) is 0 Å². The van der Waals surface area contributed by atoms with Crippen molar-refractivity contribution >= 4 is 34.2 Å². The number of nitro benzene ring substituents is 1. The molecule has 0 aliphatic heterocycles. The third-order valence-corrected chi connectivity index (χ3v) is 4.50. The number of carbonyl (C=O) groups is 1. The minimum atomic E-state index is -4.46. The van der Waals surface area contributed by atoms with E-state index in [9.17, 15) is 36.7 Å². The summed E-state index contributed by atoms with van der Waals surface area (Å²) in [6, 6.07) is 3.66. The van der Waals surface area contributed by atoms with E-state index >= 15 is 0 Å². The van der Waals surface area contributed by atoms with Crippen molar-refractivity contribution < 1.29 is 36.2 Å². The fourth-order valence-corrected chi connectivity index (χ4v) is 2.70. The molecule has 0 bridgehead atoms. The Balaban J connectivity index is 2.72. The van der Waals surface area contributed by atoms with Gasteiger partial charge in [0.2, 0.25) is 0 Å². The maximum Gasteiger partial charge on any atom is 0.340 e. The average Bonchev–Trinajstić information content (AvgIpc) is 2.50. The Kier molecular flexibility index (Phi) is 7.14. The van der Waals surface area contributed by atoms with E-state index in [1.54, 1.807) is 0 Å². The zero-order valence-electron chi connectivity index (χ0n) is 12.0. The van der Waals surface area contributed by atoms with Crippen molar-refractivity contribution in [3.63, 3.8) is 0 Å². The molecule has 0 spiro atoms. The number of thioether (sulfide) groups is 1.